The molecule has 124 valence electrons. The van der Waals surface area contributed by atoms with Gasteiger partial charge in [-0.2, -0.15) is 0 Å². The molecule has 0 aliphatic heterocycles. The summed E-state index contributed by atoms with van der Waals surface area (Å²) < 4.78 is 11.1. The first-order valence-electron chi connectivity index (χ1n) is 7.29. The number of methoxy groups -OCH3 is 1. The van der Waals surface area contributed by atoms with E-state index in [2.05, 4.69) is 4.98 Å². The number of hydrogen-bond acceptors (Lipinski definition) is 4. The van der Waals surface area contributed by atoms with Crippen molar-refractivity contribution in [3.63, 3.8) is 0 Å². The summed E-state index contributed by atoms with van der Waals surface area (Å²) in [5, 5.41) is 0.445. The quantitative estimate of drug-likeness (QED) is 0.797. The summed E-state index contributed by atoms with van der Waals surface area (Å²) in [5.41, 5.74) is 7.72. The first-order chi connectivity index (χ1) is 10.7. The third kappa shape index (κ3) is 4.08. The Hall–Kier alpha value is -1.49. The summed E-state index contributed by atoms with van der Waals surface area (Å²) in [5.74, 6) is 1.49. The molecule has 1 saturated carbocycles. The lowest BCUT2D eigenvalue weighted by Gasteiger charge is -2.14. The molecule has 1 heterocycles. The number of rotatable bonds is 6. The molecule has 2 aromatic rings. The minimum atomic E-state index is 0. The van der Waals surface area contributed by atoms with Crippen LogP contribution in [0.5, 0.6) is 11.5 Å². The van der Waals surface area contributed by atoms with Crippen molar-refractivity contribution in [2.75, 3.05) is 20.3 Å². The molecule has 0 bridgehead atoms. The Morgan fingerprint density at radius 1 is 1.26 bits per heavy atom. The number of aromatic nitrogens is 1. The molecule has 1 aliphatic rings. The predicted molar refractivity (Wildman–Crippen MR) is 94.7 cm³/mol. The monoisotopic (exact) mass is 354 g/mol. The van der Waals surface area contributed by atoms with Crippen LogP contribution in [-0.2, 0) is 0 Å². The molecule has 4 nitrogen and oxygen atoms in total. The first kappa shape index (κ1) is 17.9. The van der Waals surface area contributed by atoms with Gasteiger partial charge in [-0.1, -0.05) is 23.7 Å². The Morgan fingerprint density at radius 2 is 2.04 bits per heavy atom. The zero-order valence-electron chi connectivity index (χ0n) is 12.9. The average molecular weight is 355 g/mol. The first-order valence-corrected chi connectivity index (χ1v) is 7.66. The molecule has 0 unspecified atom stereocenters. The van der Waals surface area contributed by atoms with E-state index in [0.29, 0.717) is 24.1 Å². The lowest BCUT2D eigenvalue weighted by atomic mass is 10.1. The van der Waals surface area contributed by atoms with Crippen molar-refractivity contribution < 1.29 is 9.47 Å². The van der Waals surface area contributed by atoms with Crippen LogP contribution in [0.2, 0.25) is 5.15 Å². The van der Waals surface area contributed by atoms with Crippen LogP contribution in [0, 0.1) is 5.41 Å². The van der Waals surface area contributed by atoms with E-state index in [1.807, 2.05) is 30.3 Å². The lowest BCUT2D eigenvalue weighted by molar-refractivity contribution is 0.238. The number of ether oxygens (including phenoxy) is 2. The third-order valence-electron chi connectivity index (χ3n) is 4.13. The zero-order chi connectivity index (χ0) is 15.6. The Labute approximate surface area is 147 Å². The van der Waals surface area contributed by atoms with Gasteiger partial charge in [0.05, 0.1) is 19.9 Å². The number of nitrogens with two attached hydrogens (primary N) is 1. The summed E-state index contributed by atoms with van der Waals surface area (Å²) in [4.78, 5) is 4.23. The standard InChI is InChI=1S/C17H19ClN2O2.ClH/c1-21-13-4-2-3-12(7-13)15-8-14(9-20-16(15)18)22-11-17(10-19)5-6-17;/h2-4,7-9H,5-6,10-11,19H2,1H3;1H. The van der Waals surface area contributed by atoms with Gasteiger partial charge in [-0.15, -0.1) is 12.4 Å². The van der Waals surface area contributed by atoms with Crippen LogP contribution < -0.4 is 15.2 Å². The SMILES string of the molecule is COc1cccc(-c2cc(OCC3(CN)CC3)cnc2Cl)c1.Cl. The molecule has 0 saturated heterocycles. The van der Waals surface area contributed by atoms with Crippen molar-refractivity contribution in [2.24, 2.45) is 11.1 Å². The fourth-order valence-electron chi connectivity index (χ4n) is 2.32. The van der Waals surface area contributed by atoms with Gasteiger partial charge in [0.25, 0.3) is 0 Å². The van der Waals surface area contributed by atoms with Crippen LogP contribution in [0.25, 0.3) is 11.1 Å². The molecule has 6 heteroatoms. The van der Waals surface area contributed by atoms with Crippen LogP contribution in [-0.4, -0.2) is 25.2 Å². The highest BCUT2D eigenvalue weighted by Gasteiger charge is 2.42. The molecular weight excluding hydrogens is 335 g/mol. The second-order valence-corrected chi connectivity index (χ2v) is 6.09. The highest BCUT2D eigenvalue weighted by atomic mass is 35.5. The maximum absolute atomic E-state index is 6.23. The normalized spacial score (nSPS) is 14.7. The molecule has 1 aliphatic carbocycles. The topological polar surface area (TPSA) is 57.4 Å². The Balaban J connectivity index is 0.00000192. The van der Waals surface area contributed by atoms with Crippen molar-refractivity contribution in [3.8, 4) is 22.6 Å². The van der Waals surface area contributed by atoms with E-state index in [0.717, 1.165) is 29.7 Å². The zero-order valence-corrected chi connectivity index (χ0v) is 14.5. The molecule has 0 atom stereocenters. The number of hydrogen-bond donors (Lipinski definition) is 1. The van der Waals surface area contributed by atoms with Gasteiger partial charge in [0, 0.05) is 17.5 Å². The van der Waals surface area contributed by atoms with Crippen LogP contribution in [0.3, 0.4) is 0 Å². The maximum Gasteiger partial charge on any atom is 0.138 e. The smallest absolute Gasteiger partial charge is 0.138 e. The van der Waals surface area contributed by atoms with Gasteiger partial charge in [0.2, 0.25) is 0 Å². The van der Waals surface area contributed by atoms with Gasteiger partial charge in [-0.25, -0.2) is 4.98 Å². The van der Waals surface area contributed by atoms with Crippen LogP contribution in [0.15, 0.2) is 36.5 Å². The van der Waals surface area contributed by atoms with Crippen molar-refractivity contribution >= 4 is 24.0 Å². The van der Waals surface area contributed by atoms with E-state index in [-0.39, 0.29) is 17.8 Å². The molecular formula is C17H20Cl2N2O2. The van der Waals surface area contributed by atoms with Gasteiger partial charge >= 0.3 is 0 Å². The molecule has 2 N–H and O–H groups in total. The van der Waals surface area contributed by atoms with Crippen molar-refractivity contribution in [3.05, 3.63) is 41.7 Å². The summed E-state index contributed by atoms with van der Waals surface area (Å²) in [6.45, 7) is 1.29. The molecule has 1 aromatic heterocycles. The molecule has 0 amide bonds. The van der Waals surface area contributed by atoms with E-state index < -0.39 is 0 Å². The minimum Gasteiger partial charge on any atom is -0.497 e. The Morgan fingerprint density at radius 3 is 2.70 bits per heavy atom. The van der Waals surface area contributed by atoms with Crippen molar-refractivity contribution in [2.45, 2.75) is 12.8 Å². The summed E-state index contributed by atoms with van der Waals surface area (Å²) in [6.07, 6.45) is 3.92. The largest absolute Gasteiger partial charge is 0.497 e. The summed E-state index contributed by atoms with van der Waals surface area (Å²) in [7, 11) is 1.64. The minimum absolute atomic E-state index is 0. The molecule has 23 heavy (non-hydrogen) atoms. The number of pyridine rings is 1. The van der Waals surface area contributed by atoms with Gasteiger partial charge in [-0.05, 0) is 36.6 Å². The van der Waals surface area contributed by atoms with Crippen LogP contribution >= 0.6 is 24.0 Å². The van der Waals surface area contributed by atoms with Crippen molar-refractivity contribution in [1.29, 1.82) is 0 Å². The molecule has 1 aromatic carbocycles. The highest BCUT2D eigenvalue weighted by molar-refractivity contribution is 6.32. The second-order valence-electron chi connectivity index (χ2n) is 5.73. The molecule has 1 fully saturated rings. The Bertz CT molecular complexity index is 675. The van der Waals surface area contributed by atoms with Crippen LogP contribution in [0.4, 0.5) is 0 Å². The maximum atomic E-state index is 6.23. The molecule has 3 rings (SSSR count). The fourth-order valence-corrected chi connectivity index (χ4v) is 2.53. The Kier molecular flexibility index (Phi) is 5.74. The van der Waals surface area contributed by atoms with Crippen molar-refractivity contribution in [1.82, 2.24) is 4.98 Å². The number of benzene rings is 1. The van der Waals surface area contributed by atoms with E-state index in [9.17, 15) is 0 Å². The molecule has 0 radical (unpaired) electrons. The van der Waals surface area contributed by atoms with E-state index >= 15 is 0 Å². The van der Waals surface area contributed by atoms with Gasteiger partial charge in [0.15, 0.2) is 0 Å². The average Bonchev–Trinajstić information content (AvgIpc) is 3.35. The summed E-state index contributed by atoms with van der Waals surface area (Å²) >= 11 is 6.23. The van der Waals surface area contributed by atoms with Crippen LogP contribution in [0.1, 0.15) is 12.8 Å². The van der Waals surface area contributed by atoms with Gasteiger partial charge < -0.3 is 15.2 Å². The number of nitrogens with zero attached hydrogens (tertiary/aromatic N) is 1. The van der Waals surface area contributed by atoms with E-state index in [1.54, 1.807) is 13.3 Å². The fraction of sp³-hybridized carbons (Fsp3) is 0.353. The summed E-state index contributed by atoms with van der Waals surface area (Å²) in [6, 6.07) is 9.62. The molecule has 0 spiro atoms. The second kappa shape index (κ2) is 7.39. The number of halogens is 2. The lowest BCUT2D eigenvalue weighted by Crippen LogP contribution is -2.22. The predicted octanol–water partition coefficient (Wildman–Crippen LogP) is 3.95. The van der Waals surface area contributed by atoms with Gasteiger partial charge in [0.1, 0.15) is 16.7 Å². The van der Waals surface area contributed by atoms with E-state index in [1.165, 1.54) is 0 Å². The van der Waals surface area contributed by atoms with Gasteiger partial charge in [-0.3, -0.25) is 0 Å². The van der Waals surface area contributed by atoms with E-state index in [4.69, 9.17) is 26.8 Å². The third-order valence-corrected chi connectivity index (χ3v) is 4.43. The highest BCUT2D eigenvalue weighted by Crippen LogP contribution is 2.44.